The van der Waals surface area contributed by atoms with E-state index in [2.05, 4.69) is 34.3 Å². The van der Waals surface area contributed by atoms with E-state index in [1.807, 2.05) is 11.0 Å². The molecule has 0 bridgehead atoms. The lowest BCUT2D eigenvalue weighted by Gasteiger charge is -2.27. The third kappa shape index (κ3) is 4.74. The van der Waals surface area contributed by atoms with Crippen molar-refractivity contribution < 1.29 is 4.79 Å². The lowest BCUT2D eigenvalue weighted by Crippen LogP contribution is -2.37. The molecule has 9 heteroatoms. The smallest absolute Gasteiger partial charge is 0.279 e. The van der Waals surface area contributed by atoms with Crippen LogP contribution in [0.3, 0.4) is 0 Å². The van der Waals surface area contributed by atoms with Gasteiger partial charge < -0.3 is 4.90 Å². The van der Waals surface area contributed by atoms with Crippen LogP contribution in [0.25, 0.3) is 4.96 Å². The Hall–Kier alpha value is -2.23. The van der Waals surface area contributed by atoms with Gasteiger partial charge in [0.1, 0.15) is 0 Å². The highest BCUT2D eigenvalue weighted by Crippen LogP contribution is 2.25. The minimum atomic E-state index is -0.0696. The van der Waals surface area contributed by atoms with Crippen molar-refractivity contribution in [2.24, 2.45) is 0 Å². The molecule has 0 unspecified atom stereocenters. The second-order valence-electron chi connectivity index (χ2n) is 8.40. The summed E-state index contributed by atoms with van der Waals surface area (Å²) in [4.78, 5) is 35.2. The molecular formula is C23H27N5O2S2. The van der Waals surface area contributed by atoms with Crippen LogP contribution < -0.4 is 5.56 Å². The van der Waals surface area contributed by atoms with Gasteiger partial charge in [0.25, 0.3) is 5.56 Å². The number of hydrogen-bond acceptors (Lipinski definition) is 7. The van der Waals surface area contributed by atoms with Crippen LogP contribution in [0, 0.1) is 0 Å². The Morgan fingerprint density at radius 3 is 2.72 bits per heavy atom. The molecule has 3 aromatic rings. The van der Waals surface area contributed by atoms with Gasteiger partial charge in [0.15, 0.2) is 4.34 Å². The number of thioether (sulfide) groups is 1. The van der Waals surface area contributed by atoms with Crippen molar-refractivity contribution in [1.82, 2.24) is 24.4 Å². The number of fused-ring (bicyclic) bond motifs is 2. The topological polar surface area (TPSA) is 70.8 Å². The molecule has 1 aromatic carbocycles. The van der Waals surface area contributed by atoms with E-state index in [0.29, 0.717) is 17.3 Å². The average Bonchev–Trinajstić information content (AvgIpc) is 3.26. The molecule has 2 aliphatic rings. The second-order valence-corrected chi connectivity index (χ2v) is 10.6. The van der Waals surface area contributed by atoms with Crippen LogP contribution >= 0.6 is 23.1 Å². The van der Waals surface area contributed by atoms with Gasteiger partial charge in [-0.05, 0) is 31.2 Å². The van der Waals surface area contributed by atoms with Gasteiger partial charge in [-0.15, -0.1) is 5.10 Å². The molecule has 7 nitrogen and oxygen atoms in total. The van der Waals surface area contributed by atoms with Crippen molar-refractivity contribution in [3.63, 3.8) is 0 Å². The first-order valence-electron chi connectivity index (χ1n) is 11.3. The zero-order valence-corrected chi connectivity index (χ0v) is 19.7. The molecule has 4 heterocycles. The lowest BCUT2D eigenvalue weighted by molar-refractivity contribution is -0.129. The van der Waals surface area contributed by atoms with E-state index in [0.717, 1.165) is 67.5 Å². The molecule has 1 amide bonds. The second kappa shape index (κ2) is 9.72. The quantitative estimate of drug-likeness (QED) is 0.517. The van der Waals surface area contributed by atoms with Crippen LogP contribution in [0.15, 0.2) is 39.5 Å². The van der Waals surface area contributed by atoms with Crippen molar-refractivity contribution in [1.29, 1.82) is 0 Å². The van der Waals surface area contributed by atoms with Gasteiger partial charge in [0.05, 0.1) is 17.0 Å². The highest BCUT2D eigenvalue weighted by molar-refractivity contribution is 8.01. The molecule has 2 aromatic heterocycles. The molecule has 2 aliphatic heterocycles. The molecule has 0 aliphatic carbocycles. The number of hydrogen-bond donors (Lipinski definition) is 0. The van der Waals surface area contributed by atoms with E-state index >= 15 is 0 Å². The van der Waals surface area contributed by atoms with Crippen molar-refractivity contribution in [3.05, 3.63) is 57.5 Å². The standard InChI is InChI=1S/C23H27N5O2S2/c29-20(27-11-5-2-6-12-27)16-31-23-25-28-21(30)18-15-26(13-9-17-7-3-1-4-8-17)14-10-19(18)24-22(28)32-23/h1,3-4,7-8H,2,5-6,9-16H2. The Bertz CT molecular complexity index is 1150. The molecular weight excluding hydrogens is 442 g/mol. The zero-order valence-electron chi connectivity index (χ0n) is 18.0. The highest BCUT2D eigenvalue weighted by Gasteiger charge is 2.24. The summed E-state index contributed by atoms with van der Waals surface area (Å²) in [5.41, 5.74) is 2.90. The number of aromatic nitrogens is 3. The normalized spacial score (nSPS) is 16.9. The number of likely N-dealkylation sites (tertiary alicyclic amines) is 1. The van der Waals surface area contributed by atoms with E-state index in [1.54, 1.807) is 0 Å². The summed E-state index contributed by atoms with van der Waals surface area (Å²) in [7, 11) is 0. The molecule has 0 saturated carbocycles. The van der Waals surface area contributed by atoms with Gasteiger partial charge in [-0.1, -0.05) is 53.4 Å². The Morgan fingerprint density at radius 1 is 1.09 bits per heavy atom. The summed E-state index contributed by atoms with van der Waals surface area (Å²) >= 11 is 2.81. The number of nitrogens with zero attached hydrogens (tertiary/aromatic N) is 5. The maximum atomic E-state index is 13.1. The first kappa shape index (κ1) is 21.6. The summed E-state index contributed by atoms with van der Waals surface area (Å²) in [6.07, 6.45) is 5.13. The summed E-state index contributed by atoms with van der Waals surface area (Å²) in [6.45, 7) is 4.15. The predicted octanol–water partition coefficient (Wildman–Crippen LogP) is 2.86. The fraction of sp³-hybridized carbons (Fsp3) is 0.478. The third-order valence-electron chi connectivity index (χ3n) is 6.20. The Kier molecular flexibility index (Phi) is 6.56. The van der Waals surface area contributed by atoms with E-state index < -0.39 is 0 Å². The monoisotopic (exact) mass is 469 g/mol. The van der Waals surface area contributed by atoms with Gasteiger partial charge in [-0.25, -0.2) is 4.98 Å². The fourth-order valence-electron chi connectivity index (χ4n) is 4.37. The van der Waals surface area contributed by atoms with Crippen molar-refractivity contribution in [2.45, 2.75) is 43.0 Å². The summed E-state index contributed by atoms with van der Waals surface area (Å²) in [5.74, 6) is 0.518. The van der Waals surface area contributed by atoms with Gasteiger partial charge in [0.2, 0.25) is 10.9 Å². The number of carbonyl (C=O) groups excluding carboxylic acids is 1. The number of benzene rings is 1. The van der Waals surface area contributed by atoms with Crippen LogP contribution in [0.2, 0.25) is 0 Å². The van der Waals surface area contributed by atoms with Crippen molar-refractivity contribution >= 4 is 34.0 Å². The molecule has 0 N–H and O–H groups in total. The molecule has 5 rings (SSSR count). The SMILES string of the molecule is O=C(CSc1nn2c(=O)c3c(nc2s1)CCN(CCc1ccccc1)C3)N1CCCCC1. The summed E-state index contributed by atoms with van der Waals surface area (Å²) in [5, 5.41) is 4.49. The Balaban J connectivity index is 1.26. The van der Waals surface area contributed by atoms with Crippen LogP contribution in [0.5, 0.6) is 0 Å². The van der Waals surface area contributed by atoms with E-state index in [4.69, 9.17) is 4.98 Å². The van der Waals surface area contributed by atoms with Crippen LogP contribution in [-0.4, -0.2) is 62.2 Å². The van der Waals surface area contributed by atoms with E-state index in [9.17, 15) is 9.59 Å². The first-order chi connectivity index (χ1) is 15.7. The average molecular weight is 470 g/mol. The van der Waals surface area contributed by atoms with E-state index in [1.165, 1.54) is 39.6 Å². The van der Waals surface area contributed by atoms with Gasteiger partial charge in [0, 0.05) is 39.1 Å². The maximum Gasteiger partial charge on any atom is 0.279 e. The van der Waals surface area contributed by atoms with Crippen LogP contribution in [-0.2, 0) is 24.2 Å². The predicted molar refractivity (Wildman–Crippen MR) is 127 cm³/mol. The van der Waals surface area contributed by atoms with Crippen LogP contribution in [0.4, 0.5) is 0 Å². The minimum Gasteiger partial charge on any atom is -0.342 e. The Labute approximate surface area is 195 Å². The Morgan fingerprint density at radius 2 is 1.91 bits per heavy atom. The molecule has 1 saturated heterocycles. The van der Waals surface area contributed by atoms with Gasteiger partial charge >= 0.3 is 0 Å². The first-order valence-corrected chi connectivity index (χ1v) is 13.1. The number of carbonyl (C=O) groups is 1. The van der Waals surface area contributed by atoms with E-state index in [-0.39, 0.29) is 11.5 Å². The lowest BCUT2D eigenvalue weighted by atomic mass is 10.1. The number of piperidine rings is 1. The van der Waals surface area contributed by atoms with Crippen molar-refractivity contribution in [2.75, 3.05) is 31.9 Å². The highest BCUT2D eigenvalue weighted by atomic mass is 32.2. The summed E-state index contributed by atoms with van der Waals surface area (Å²) in [6, 6.07) is 10.4. The van der Waals surface area contributed by atoms with Crippen molar-refractivity contribution in [3.8, 4) is 0 Å². The molecule has 168 valence electrons. The maximum absolute atomic E-state index is 13.1. The third-order valence-corrected chi connectivity index (χ3v) is 8.23. The zero-order chi connectivity index (χ0) is 21.9. The molecule has 1 fully saturated rings. The molecule has 0 spiro atoms. The number of amides is 1. The number of rotatable bonds is 6. The van der Waals surface area contributed by atoms with Crippen LogP contribution in [0.1, 0.15) is 36.1 Å². The molecule has 32 heavy (non-hydrogen) atoms. The summed E-state index contributed by atoms with van der Waals surface area (Å²) < 4.78 is 2.15. The van der Waals surface area contributed by atoms with Gasteiger partial charge in [-0.3, -0.25) is 14.5 Å². The van der Waals surface area contributed by atoms with Gasteiger partial charge in [-0.2, -0.15) is 4.52 Å². The fourth-order valence-corrected chi connectivity index (χ4v) is 6.22. The molecule has 0 atom stereocenters. The minimum absolute atomic E-state index is 0.0696. The largest absolute Gasteiger partial charge is 0.342 e. The molecule has 0 radical (unpaired) electrons.